The number of carboxylic acid groups (broad SMARTS) is 1. The maximum Gasteiger partial charge on any atom is 0.341 e. The van der Waals surface area contributed by atoms with Gasteiger partial charge >= 0.3 is 5.97 Å². The van der Waals surface area contributed by atoms with E-state index in [0.717, 1.165) is 12.1 Å². The van der Waals surface area contributed by atoms with Gasteiger partial charge in [-0.15, -0.1) is 0 Å². The van der Waals surface area contributed by atoms with Crippen molar-refractivity contribution >= 4 is 29.5 Å². The van der Waals surface area contributed by atoms with Gasteiger partial charge in [-0.1, -0.05) is 0 Å². The molecular formula is C12H15N3O3S. The molecule has 0 atom stereocenters. The minimum absolute atomic E-state index is 0.355. The molecule has 0 aromatic heterocycles. The largest absolute Gasteiger partial charge is 0.482 e. The number of rotatable bonds is 6. The van der Waals surface area contributed by atoms with Crippen LogP contribution in [0.2, 0.25) is 0 Å². The van der Waals surface area contributed by atoms with Gasteiger partial charge in [-0.3, -0.25) is 5.43 Å². The third-order valence-corrected chi connectivity index (χ3v) is 2.20. The second-order valence-corrected chi connectivity index (χ2v) is 3.89. The minimum atomic E-state index is -1.01. The van der Waals surface area contributed by atoms with E-state index in [0.29, 0.717) is 10.9 Å². The number of nitrogens with one attached hydrogen (secondary N) is 2. The van der Waals surface area contributed by atoms with Crippen LogP contribution < -0.4 is 15.5 Å². The lowest BCUT2D eigenvalue weighted by Crippen LogP contribution is -2.31. The highest BCUT2D eigenvalue weighted by Gasteiger charge is 1.98. The van der Waals surface area contributed by atoms with E-state index in [4.69, 9.17) is 22.1 Å². The van der Waals surface area contributed by atoms with Gasteiger partial charge in [0.15, 0.2) is 11.7 Å². The molecule has 1 aromatic rings. The molecule has 0 aliphatic rings. The predicted octanol–water partition coefficient (Wildman–Crippen LogP) is 0.968. The fourth-order valence-electron chi connectivity index (χ4n) is 1.16. The van der Waals surface area contributed by atoms with Crippen molar-refractivity contribution in [2.45, 2.75) is 6.92 Å². The van der Waals surface area contributed by atoms with E-state index in [1.54, 1.807) is 30.5 Å². The van der Waals surface area contributed by atoms with E-state index >= 15 is 0 Å². The monoisotopic (exact) mass is 281 g/mol. The van der Waals surface area contributed by atoms with Crippen molar-refractivity contribution in [3.63, 3.8) is 0 Å². The quantitative estimate of drug-likeness (QED) is 0.409. The van der Waals surface area contributed by atoms with E-state index in [-0.39, 0.29) is 6.61 Å². The van der Waals surface area contributed by atoms with Crippen LogP contribution in [-0.4, -0.2) is 35.6 Å². The maximum atomic E-state index is 10.3. The smallest absolute Gasteiger partial charge is 0.341 e. The Labute approximate surface area is 116 Å². The molecular weight excluding hydrogens is 266 g/mol. The second kappa shape index (κ2) is 8.04. The van der Waals surface area contributed by atoms with Gasteiger partial charge in [0.1, 0.15) is 5.75 Å². The van der Waals surface area contributed by atoms with Gasteiger partial charge in [0.2, 0.25) is 0 Å². The number of hydrazone groups is 1. The molecule has 0 saturated heterocycles. The van der Waals surface area contributed by atoms with Crippen molar-refractivity contribution in [2.75, 3.05) is 13.2 Å². The molecule has 3 N–H and O–H groups in total. The zero-order valence-electron chi connectivity index (χ0n) is 10.4. The lowest BCUT2D eigenvalue weighted by atomic mass is 10.2. The molecule has 0 aliphatic carbocycles. The SMILES string of the molecule is CCNC(=S)N/N=C\c1ccc(OCC(=O)O)cc1. The van der Waals surface area contributed by atoms with Crippen LogP contribution >= 0.6 is 12.2 Å². The molecule has 19 heavy (non-hydrogen) atoms. The molecule has 7 heteroatoms. The molecule has 6 nitrogen and oxygen atoms in total. The van der Waals surface area contributed by atoms with E-state index in [1.807, 2.05) is 6.92 Å². The zero-order valence-corrected chi connectivity index (χ0v) is 11.2. The van der Waals surface area contributed by atoms with Crippen LogP contribution in [0.25, 0.3) is 0 Å². The summed E-state index contributed by atoms with van der Waals surface area (Å²) in [6.45, 7) is 2.32. The van der Waals surface area contributed by atoms with Crippen molar-refractivity contribution < 1.29 is 14.6 Å². The standard InChI is InChI=1S/C12H15N3O3S/c1-2-13-12(19)15-14-7-9-3-5-10(6-4-9)18-8-11(16)17/h3-7H,2,8H2,1H3,(H,16,17)(H2,13,15,19)/b14-7-. The Bertz CT molecular complexity index is 460. The van der Waals surface area contributed by atoms with Crippen LogP contribution in [-0.2, 0) is 4.79 Å². The predicted molar refractivity (Wildman–Crippen MR) is 76.6 cm³/mol. The highest BCUT2D eigenvalue weighted by Crippen LogP contribution is 2.10. The van der Waals surface area contributed by atoms with Gasteiger partial charge in [0.05, 0.1) is 6.21 Å². The summed E-state index contributed by atoms with van der Waals surface area (Å²) in [6, 6.07) is 6.87. The number of hydrogen-bond donors (Lipinski definition) is 3. The van der Waals surface area contributed by atoms with E-state index < -0.39 is 5.97 Å². The Morgan fingerprint density at radius 3 is 2.74 bits per heavy atom. The minimum Gasteiger partial charge on any atom is -0.482 e. The first-order chi connectivity index (χ1) is 9.11. The number of nitrogens with zero attached hydrogens (tertiary/aromatic N) is 1. The number of benzene rings is 1. The maximum absolute atomic E-state index is 10.3. The van der Waals surface area contributed by atoms with E-state index in [2.05, 4.69) is 15.8 Å². The summed E-state index contributed by atoms with van der Waals surface area (Å²) in [5, 5.41) is 15.8. The van der Waals surface area contributed by atoms with Gasteiger partial charge in [-0.25, -0.2) is 4.79 Å². The molecule has 0 fully saturated rings. The summed E-state index contributed by atoms with van der Waals surface area (Å²) in [5.74, 6) is -0.512. The Hall–Kier alpha value is -2.15. The van der Waals surface area contributed by atoms with Crippen LogP contribution in [0.15, 0.2) is 29.4 Å². The van der Waals surface area contributed by atoms with Crippen LogP contribution in [0.5, 0.6) is 5.75 Å². The molecule has 0 aliphatic heterocycles. The molecule has 0 saturated carbocycles. The number of aliphatic carboxylic acids is 1. The fraction of sp³-hybridized carbons (Fsp3) is 0.250. The topological polar surface area (TPSA) is 83.0 Å². The van der Waals surface area contributed by atoms with Crippen molar-refractivity contribution in [3.8, 4) is 5.75 Å². The highest BCUT2D eigenvalue weighted by atomic mass is 32.1. The second-order valence-electron chi connectivity index (χ2n) is 3.48. The fourth-order valence-corrected chi connectivity index (χ4v) is 1.36. The number of carbonyl (C=O) groups is 1. The normalized spacial score (nSPS) is 10.2. The Morgan fingerprint density at radius 1 is 1.47 bits per heavy atom. The van der Waals surface area contributed by atoms with Crippen molar-refractivity contribution in [1.82, 2.24) is 10.7 Å². The first-order valence-corrected chi connectivity index (χ1v) is 6.04. The Balaban J connectivity index is 2.45. The van der Waals surface area contributed by atoms with Gasteiger partial charge in [0.25, 0.3) is 0 Å². The Morgan fingerprint density at radius 2 is 2.16 bits per heavy atom. The summed E-state index contributed by atoms with van der Waals surface area (Å²) in [4.78, 5) is 10.3. The molecule has 1 aromatic carbocycles. The van der Waals surface area contributed by atoms with E-state index in [1.165, 1.54) is 0 Å². The summed E-state index contributed by atoms with van der Waals surface area (Å²) >= 11 is 4.94. The molecule has 0 bridgehead atoms. The van der Waals surface area contributed by atoms with Crippen molar-refractivity contribution in [2.24, 2.45) is 5.10 Å². The Kier molecular flexibility index (Phi) is 6.31. The lowest BCUT2D eigenvalue weighted by Gasteiger charge is -2.04. The van der Waals surface area contributed by atoms with Crippen molar-refractivity contribution in [3.05, 3.63) is 29.8 Å². The summed E-state index contributed by atoms with van der Waals surface area (Å²) in [5.41, 5.74) is 3.51. The van der Waals surface area contributed by atoms with Gasteiger partial charge in [-0.2, -0.15) is 5.10 Å². The summed E-state index contributed by atoms with van der Waals surface area (Å²) in [7, 11) is 0. The summed E-state index contributed by atoms with van der Waals surface area (Å²) < 4.78 is 5.01. The lowest BCUT2D eigenvalue weighted by molar-refractivity contribution is -0.139. The molecule has 0 radical (unpaired) electrons. The van der Waals surface area contributed by atoms with Crippen LogP contribution in [0.3, 0.4) is 0 Å². The molecule has 1 rings (SSSR count). The average Bonchev–Trinajstić information content (AvgIpc) is 2.38. The number of ether oxygens (including phenoxy) is 1. The van der Waals surface area contributed by atoms with Crippen LogP contribution in [0, 0.1) is 0 Å². The van der Waals surface area contributed by atoms with Crippen LogP contribution in [0.4, 0.5) is 0 Å². The van der Waals surface area contributed by atoms with Crippen LogP contribution in [0.1, 0.15) is 12.5 Å². The number of carboxylic acids is 1. The van der Waals surface area contributed by atoms with Gasteiger partial charge in [0, 0.05) is 6.54 Å². The number of hydrogen-bond acceptors (Lipinski definition) is 4. The number of thiocarbonyl (C=S) groups is 1. The summed E-state index contributed by atoms with van der Waals surface area (Å²) in [6.07, 6.45) is 1.60. The molecule has 0 heterocycles. The van der Waals surface area contributed by atoms with E-state index in [9.17, 15) is 4.79 Å². The average molecular weight is 281 g/mol. The molecule has 0 unspecified atom stereocenters. The third kappa shape index (κ3) is 6.37. The first kappa shape index (κ1) is 14.9. The highest BCUT2D eigenvalue weighted by molar-refractivity contribution is 7.80. The first-order valence-electron chi connectivity index (χ1n) is 5.63. The molecule has 0 spiro atoms. The zero-order chi connectivity index (χ0) is 14.1. The van der Waals surface area contributed by atoms with Crippen molar-refractivity contribution in [1.29, 1.82) is 0 Å². The van der Waals surface area contributed by atoms with Gasteiger partial charge in [-0.05, 0) is 49.0 Å². The third-order valence-electron chi connectivity index (χ3n) is 1.96. The van der Waals surface area contributed by atoms with Gasteiger partial charge < -0.3 is 15.2 Å². The molecule has 0 amide bonds. The molecule has 102 valence electrons.